The number of hydrogen-bond donors (Lipinski definition) is 2. The molecule has 1 aromatic rings. The van der Waals surface area contributed by atoms with Crippen molar-refractivity contribution in [2.75, 3.05) is 5.73 Å². The third-order valence-corrected chi connectivity index (χ3v) is 6.17. The zero-order valence-corrected chi connectivity index (χ0v) is 14.0. The summed E-state index contributed by atoms with van der Waals surface area (Å²) in [6, 6.07) is 3.45. The molecule has 0 heterocycles. The molecule has 0 bridgehead atoms. The maximum Gasteiger partial charge on any atom is 0.242 e. The number of benzene rings is 1. The molecule has 1 aliphatic rings. The monoisotopic (exact) mass is 310 g/mol. The Balaban J connectivity index is 2.20. The molecule has 1 aromatic carbocycles. The SMILES string of the molecule is CCC1CCCC(NS(=O)(=O)c2cc(C)c(C)cc2N)C1. The van der Waals surface area contributed by atoms with Crippen molar-refractivity contribution in [1.82, 2.24) is 4.72 Å². The Hall–Kier alpha value is -1.07. The van der Waals surface area contributed by atoms with Gasteiger partial charge < -0.3 is 5.73 Å². The average molecular weight is 310 g/mol. The van der Waals surface area contributed by atoms with Gasteiger partial charge in [0, 0.05) is 6.04 Å². The highest BCUT2D eigenvalue weighted by Crippen LogP contribution is 2.29. The van der Waals surface area contributed by atoms with Crippen molar-refractivity contribution in [3.05, 3.63) is 23.3 Å². The van der Waals surface area contributed by atoms with Gasteiger partial charge >= 0.3 is 0 Å². The van der Waals surface area contributed by atoms with Gasteiger partial charge in [-0.05, 0) is 55.9 Å². The van der Waals surface area contributed by atoms with E-state index in [1.807, 2.05) is 13.8 Å². The summed E-state index contributed by atoms with van der Waals surface area (Å²) in [4.78, 5) is 0.212. The molecule has 0 saturated heterocycles. The molecule has 0 amide bonds. The molecule has 21 heavy (non-hydrogen) atoms. The van der Waals surface area contributed by atoms with E-state index in [9.17, 15) is 8.42 Å². The molecule has 0 spiro atoms. The Morgan fingerprint density at radius 1 is 1.24 bits per heavy atom. The van der Waals surface area contributed by atoms with E-state index in [1.54, 1.807) is 12.1 Å². The summed E-state index contributed by atoms with van der Waals surface area (Å²) < 4.78 is 28.0. The van der Waals surface area contributed by atoms with Gasteiger partial charge in [-0.3, -0.25) is 0 Å². The summed E-state index contributed by atoms with van der Waals surface area (Å²) in [5, 5.41) is 0. The van der Waals surface area contributed by atoms with Crippen LogP contribution in [-0.4, -0.2) is 14.5 Å². The quantitative estimate of drug-likeness (QED) is 0.839. The van der Waals surface area contributed by atoms with Gasteiger partial charge in [-0.1, -0.05) is 26.2 Å². The molecule has 2 atom stereocenters. The Kier molecular flexibility index (Phi) is 4.94. The zero-order chi connectivity index (χ0) is 15.6. The predicted molar refractivity (Wildman–Crippen MR) is 86.7 cm³/mol. The van der Waals surface area contributed by atoms with Crippen LogP contribution in [0.1, 0.15) is 50.2 Å². The van der Waals surface area contributed by atoms with E-state index in [1.165, 1.54) is 6.42 Å². The minimum atomic E-state index is -3.54. The molecule has 0 aliphatic heterocycles. The fourth-order valence-corrected chi connectivity index (χ4v) is 4.58. The maximum absolute atomic E-state index is 12.6. The minimum Gasteiger partial charge on any atom is -0.398 e. The highest BCUT2D eigenvalue weighted by molar-refractivity contribution is 7.89. The van der Waals surface area contributed by atoms with Gasteiger partial charge in [0.05, 0.1) is 5.69 Å². The van der Waals surface area contributed by atoms with Crippen molar-refractivity contribution >= 4 is 15.7 Å². The van der Waals surface area contributed by atoms with Crippen LogP contribution in [0.5, 0.6) is 0 Å². The van der Waals surface area contributed by atoms with E-state index in [0.717, 1.165) is 36.8 Å². The second-order valence-corrected chi connectivity index (χ2v) is 7.92. The molecule has 1 aliphatic carbocycles. The average Bonchev–Trinajstić information content (AvgIpc) is 2.42. The van der Waals surface area contributed by atoms with E-state index in [0.29, 0.717) is 11.6 Å². The van der Waals surface area contributed by atoms with E-state index < -0.39 is 10.0 Å². The Morgan fingerprint density at radius 2 is 1.90 bits per heavy atom. The van der Waals surface area contributed by atoms with E-state index in [2.05, 4.69) is 11.6 Å². The van der Waals surface area contributed by atoms with Crippen molar-refractivity contribution < 1.29 is 8.42 Å². The molecule has 2 rings (SSSR count). The van der Waals surface area contributed by atoms with Crippen LogP contribution >= 0.6 is 0 Å². The number of rotatable bonds is 4. The number of aryl methyl sites for hydroxylation is 2. The van der Waals surface area contributed by atoms with Crippen LogP contribution in [0.25, 0.3) is 0 Å². The first-order valence-electron chi connectivity index (χ1n) is 7.72. The summed E-state index contributed by atoms with van der Waals surface area (Å²) in [7, 11) is -3.54. The minimum absolute atomic E-state index is 0.0368. The zero-order valence-electron chi connectivity index (χ0n) is 13.1. The number of sulfonamides is 1. The first kappa shape index (κ1) is 16.3. The number of nitrogens with one attached hydrogen (secondary N) is 1. The normalized spacial score (nSPS) is 23.2. The van der Waals surface area contributed by atoms with Crippen LogP contribution < -0.4 is 10.5 Å². The van der Waals surface area contributed by atoms with Crippen LogP contribution in [0.15, 0.2) is 17.0 Å². The summed E-state index contributed by atoms with van der Waals surface area (Å²) in [5.74, 6) is 0.628. The van der Waals surface area contributed by atoms with E-state index in [4.69, 9.17) is 5.73 Å². The molecular formula is C16H26N2O2S. The molecule has 4 nitrogen and oxygen atoms in total. The standard InChI is InChI=1S/C16H26N2O2S/c1-4-13-6-5-7-14(10-13)18-21(19,20)16-9-12(3)11(2)8-15(16)17/h8-9,13-14,18H,4-7,10,17H2,1-3H3. The van der Waals surface area contributed by atoms with E-state index >= 15 is 0 Å². The summed E-state index contributed by atoms with van der Waals surface area (Å²) in [6.45, 7) is 6.01. The third kappa shape index (κ3) is 3.77. The Bertz CT molecular complexity index is 611. The summed E-state index contributed by atoms with van der Waals surface area (Å²) in [5.41, 5.74) is 8.20. The van der Waals surface area contributed by atoms with E-state index in [-0.39, 0.29) is 10.9 Å². The third-order valence-electron chi connectivity index (χ3n) is 4.60. The molecule has 1 fully saturated rings. The molecule has 3 N–H and O–H groups in total. The largest absolute Gasteiger partial charge is 0.398 e. The molecule has 0 aromatic heterocycles. The van der Waals surface area contributed by atoms with Crippen LogP contribution in [0.2, 0.25) is 0 Å². The second-order valence-electron chi connectivity index (χ2n) is 6.23. The lowest BCUT2D eigenvalue weighted by Gasteiger charge is -2.29. The lowest BCUT2D eigenvalue weighted by molar-refractivity contribution is 0.301. The molecule has 5 heteroatoms. The lowest BCUT2D eigenvalue weighted by atomic mass is 9.85. The van der Waals surface area contributed by atoms with Gasteiger partial charge in [-0.15, -0.1) is 0 Å². The van der Waals surface area contributed by atoms with Gasteiger partial charge in [0.15, 0.2) is 0 Å². The van der Waals surface area contributed by atoms with Gasteiger partial charge in [-0.2, -0.15) is 0 Å². The summed E-state index contributed by atoms with van der Waals surface area (Å²) >= 11 is 0. The Morgan fingerprint density at radius 3 is 2.57 bits per heavy atom. The first-order valence-corrected chi connectivity index (χ1v) is 9.21. The molecule has 0 radical (unpaired) electrons. The van der Waals surface area contributed by atoms with Gasteiger partial charge in [-0.25, -0.2) is 13.1 Å². The smallest absolute Gasteiger partial charge is 0.242 e. The van der Waals surface area contributed by atoms with Crippen molar-refractivity contribution in [3.8, 4) is 0 Å². The first-order chi connectivity index (χ1) is 9.83. The number of nitrogen functional groups attached to an aromatic ring is 1. The molecule has 2 unspecified atom stereocenters. The molecule has 1 saturated carbocycles. The molecule has 118 valence electrons. The predicted octanol–water partition coefficient (Wildman–Crippen LogP) is 3.13. The lowest BCUT2D eigenvalue weighted by Crippen LogP contribution is -2.38. The fraction of sp³-hybridized carbons (Fsp3) is 0.625. The fourth-order valence-electron chi connectivity index (χ4n) is 3.10. The van der Waals surface area contributed by atoms with Crippen LogP contribution in [-0.2, 0) is 10.0 Å². The Labute approximate surface area is 128 Å². The molecular weight excluding hydrogens is 284 g/mol. The highest BCUT2D eigenvalue weighted by atomic mass is 32.2. The van der Waals surface area contributed by atoms with Crippen molar-refractivity contribution in [3.63, 3.8) is 0 Å². The van der Waals surface area contributed by atoms with Crippen LogP contribution in [0, 0.1) is 19.8 Å². The van der Waals surface area contributed by atoms with Crippen molar-refractivity contribution in [2.45, 2.75) is 63.8 Å². The van der Waals surface area contributed by atoms with Crippen molar-refractivity contribution in [1.29, 1.82) is 0 Å². The van der Waals surface area contributed by atoms with Crippen LogP contribution in [0.4, 0.5) is 5.69 Å². The summed E-state index contributed by atoms with van der Waals surface area (Å²) in [6.07, 6.45) is 5.26. The van der Waals surface area contributed by atoms with Gasteiger partial charge in [0.2, 0.25) is 10.0 Å². The maximum atomic E-state index is 12.6. The van der Waals surface area contributed by atoms with Crippen molar-refractivity contribution in [2.24, 2.45) is 5.92 Å². The van der Waals surface area contributed by atoms with Crippen LogP contribution in [0.3, 0.4) is 0 Å². The number of hydrogen-bond acceptors (Lipinski definition) is 3. The van der Waals surface area contributed by atoms with Gasteiger partial charge in [0.1, 0.15) is 4.90 Å². The van der Waals surface area contributed by atoms with Gasteiger partial charge in [0.25, 0.3) is 0 Å². The second kappa shape index (κ2) is 6.36. The highest BCUT2D eigenvalue weighted by Gasteiger charge is 2.27. The topological polar surface area (TPSA) is 72.2 Å². The number of anilines is 1. The number of nitrogens with two attached hydrogens (primary N) is 1.